The van der Waals surface area contributed by atoms with Crippen molar-refractivity contribution in [3.63, 3.8) is 0 Å². The summed E-state index contributed by atoms with van der Waals surface area (Å²) in [7, 11) is 2.18. The number of benzene rings is 1. The van der Waals surface area contributed by atoms with Crippen LogP contribution < -0.4 is 4.74 Å². The van der Waals surface area contributed by atoms with E-state index in [1.54, 1.807) is 6.20 Å². The summed E-state index contributed by atoms with van der Waals surface area (Å²) in [5.74, 6) is 0.818. The van der Waals surface area contributed by atoms with Crippen molar-refractivity contribution in [1.29, 1.82) is 0 Å². The minimum Gasteiger partial charge on any atom is -0.491 e. The SMILES string of the molecule is CN1CCN(CCCOc2ccc(Cl)c3cccnc23)CC1. The molecule has 0 saturated carbocycles. The van der Waals surface area contributed by atoms with Gasteiger partial charge in [0.05, 0.1) is 11.6 Å². The van der Waals surface area contributed by atoms with Gasteiger partial charge < -0.3 is 14.5 Å². The number of likely N-dealkylation sites (N-methyl/N-ethyl adjacent to an activating group) is 1. The molecule has 0 aliphatic carbocycles. The molecule has 0 unspecified atom stereocenters. The van der Waals surface area contributed by atoms with Gasteiger partial charge in [-0.1, -0.05) is 11.6 Å². The van der Waals surface area contributed by atoms with Gasteiger partial charge in [0.15, 0.2) is 0 Å². The first-order chi connectivity index (χ1) is 10.7. The summed E-state index contributed by atoms with van der Waals surface area (Å²) in [6, 6.07) is 7.65. The molecule has 3 rings (SSSR count). The molecule has 0 N–H and O–H groups in total. The fourth-order valence-electron chi connectivity index (χ4n) is 2.77. The normalized spacial score (nSPS) is 17.0. The lowest BCUT2D eigenvalue weighted by Crippen LogP contribution is -2.44. The zero-order chi connectivity index (χ0) is 15.4. The van der Waals surface area contributed by atoms with Crippen LogP contribution >= 0.6 is 11.6 Å². The molecule has 2 aromatic rings. The molecule has 2 heterocycles. The fraction of sp³-hybridized carbons (Fsp3) is 0.471. The van der Waals surface area contributed by atoms with Crippen LogP contribution in [-0.4, -0.2) is 61.2 Å². The van der Waals surface area contributed by atoms with Crippen molar-refractivity contribution in [1.82, 2.24) is 14.8 Å². The molecule has 0 bridgehead atoms. The lowest BCUT2D eigenvalue weighted by atomic mass is 10.2. The summed E-state index contributed by atoms with van der Waals surface area (Å²) in [4.78, 5) is 9.27. The van der Waals surface area contributed by atoms with Crippen LogP contribution in [0.1, 0.15) is 6.42 Å². The average Bonchev–Trinajstić information content (AvgIpc) is 2.55. The van der Waals surface area contributed by atoms with E-state index in [1.165, 1.54) is 0 Å². The number of hydrogen-bond donors (Lipinski definition) is 0. The second-order valence-electron chi connectivity index (χ2n) is 5.79. The largest absolute Gasteiger partial charge is 0.491 e. The highest BCUT2D eigenvalue weighted by molar-refractivity contribution is 6.35. The molecule has 0 atom stereocenters. The van der Waals surface area contributed by atoms with Crippen molar-refractivity contribution in [2.75, 3.05) is 46.4 Å². The van der Waals surface area contributed by atoms with Gasteiger partial charge in [0.25, 0.3) is 0 Å². The molecule has 0 spiro atoms. The molecule has 1 fully saturated rings. The summed E-state index contributed by atoms with van der Waals surface area (Å²) in [6.45, 7) is 6.43. The molecular weight excluding hydrogens is 298 g/mol. The first-order valence-electron chi connectivity index (χ1n) is 7.81. The van der Waals surface area contributed by atoms with Crippen molar-refractivity contribution in [3.05, 3.63) is 35.5 Å². The topological polar surface area (TPSA) is 28.6 Å². The molecule has 4 nitrogen and oxygen atoms in total. The van der Waals surface area contributed by atoms with Crippen LogP contribution in [0.5, 0.6) is 5.75 Å². The molecule has 5 heteroatoms. The van der Waals surface area contributed by atoms with Gasteiger partial charge in [0.2, 0.25) is 0 Å². The molecule has 1 aromatic carbocycles. The highest BCUT2D eigenvalue weighted by atomic mass is 35.5. The second-order valence-corrected chi connectivity index (χ2v) is 6.20. The second kappa shape index (κ2) is 7.27. The summed E-state index contributed by atoms with van der Waals surface area (Å²) < 4.78 is 5.93. The first-order valence-corrected chi connectivity index (χ1v) is 8.19. The number of aromatic nitrogens is 1. The van der Waals surface area contributed by atoms with E-state index in [0.717, 1.165) is 55.8 Å². The van der Waals surface area contributed by atoms with Crippen molar-refractivity contribution in [2.45, 2.75) is 6.42 Å². The van der Waals surface area contributed by atoms with Crippen LogP contribution in [0.25, 0.3) is 10.9 Å². The number of nitrogens with zero attached hydrogens (tertiary/aromatic N) is 3. The Morgan fingerprint density at radius 2 is 2.00 bits per heavy atom. The minimum absolute atomic E-state index is 0.708. The van der Waals surface area contributed by atoms with E-state index in [9.17, 15) is 0 Å². The number of pyridine rings is 1. The van der Waals surface area contributed by atoms with Crippen LogP contribution in [0.2, 0.25) is 5.02 Å². The van der Waals surface area contributed by atoms with Gasteiger partial charge in [-0.25, -0.2) is 0 Å². The Kier molecular flexibility index (Phi) is 5.13. The molecule has 0 amide bonds. The quantitative estimate of drug-likeness (QED) is 0.792. The summed E-state index contributed by atoms with van der Waals surface area (Å²) in [5, 5.41) is 1.66. The smallest absolute Gasteiger partial charge is 0.145 e. The molecule has 22 heavy (non-hydrogen) atoms. The van der Waals surface area contributed by atoms with E-state index >= 15 is 0 Å². The molecule has 1 aliphatic heterocycles. The van der Waals surface area contributed by atoms with Gasteiger partial charge in [-0.3, -0.25) is 4.98 Å². The number of rotatable bonds is 5. The van der Waals surface area contributed by atoms with E-state index in [-0.39, 0.29) is 0 Å². The van der Waals surface area contributed by atoms with Crippen molar-refractivity contribution in [3.8, 4) is 5.75 Å². The van der Waals surface area contributed by atoms with E-state index in [1.807, 2.05) is 24.3 Å². The van der Waals surface area contributed by atoms with E-state index < -0.39 is 0 Å². The molecule has 118 valence electrons. The number of piperazine rings is 1. The average molecular weight is 320 g/mol. The first kappa shape index (κ1) is 15.5. The molecular formula is C17H22ClN3O. The van der Waals surface area contributed by atoms with Crippen molar-refractivity contribution >= 4 is 22.5 Å². The van der Waals surface area contributed by atoms with E-state index in [0.29, 0.717) is 11.6 Å². The zero-order valence-corrected chi connectivity index (χ0v) is 13.7. The van der Waals surface area contributed by atoms with Crippen LogP contribution in [0.4, 0.5) is 0 Å². The Labute approximate surface area is 136 Å². The third kappa shape index (κ3) is 3.69. The number of hydrogen-bond acceptors (Lipinski definition) is 4. The highest BCUT2D eigenvalue weighted by Crippen LogP contribution is 2.29. The van der Waals surface area contributed by atoms with Crippen LogP contribution in [-0.2, 0) is 0 Å². The van der Waals surface area contributed by atoms with Crippen LogP contribution in [0, 0.1) is 0 Å². The van der Waals surface area contributed by atoms with Gasteiger partial charge in [-0.15, -0.1) is 0 Å². The zero-order valence-electron chi connectivity index (χ0n) is 13.0. The van der Waals surface area contributed by atoms with Crippen LogP contribution in [0.3, 0.4) is 0 Å². The van der Waals surface area contributed by atoms with Gasteiger partial charge in [-0.2, -0.15) is 0 Å². The minimum atomic E-state index is 0.708. The Hall–Kier alpha value is -1.36. The predicted molar refractivity (Wildman–Crippen MR) is 90.8 cm³/mol. The lowest BCUT2D eigenvalue weighted by molar-refractivity contribution is 0.145. The molecule has 1 aliphatic rings. The Morgan fingerprint density at radius 1 is 1.18 bits per heavy atom. The van der Waals surface area contributed by atoms with Gasteiger partial charge >= 0.3 is 0 Å². The van der Waals surface area contributed by atoms with E-state index in [4.69, 9.17) is 16.3 Å². The lowest BCUT2D eigenvalue weighted by Gasteiger charge is -2.32. The predicted octanol–water partition coefficient (Wildman–Crippen LogP) is 2.90. The maximum Gasteiger partial charge on any atom is 0.145 e. The Bertz CT molecular complexity index is 626. The molecule has 0 radical (unpaired) electrons. The number of ether oxygens (including phenoxy) is 1. The maximum atomic E-state index is 6.20. The van der Waals surface area contributed by atoms with E-state index in [2.05, 4.69) is 21.8 Å². The van der Waals surface area contributed by atoms with Gasteiger partial charge in [0, 0.05) is 44.3 Å². The van der Waals surface area contributed by atoms with Gasteiger partial charge in [0.1, 0.15) is 11.3 Å². The van der Waals surface area contributed by atoms with Crippen molar-refractivity contribution < 1.29 is 4.74 Å². The summed E-state index contributed by atoms with van der Waals surface area (Å²) >= 11 is 6.20. The molecule has 1 aromatic heterocycles. The Balaban J connectivity index is 1.53. The van der Waals surface area contributed by atoms with Gasteiger partial charge in [-0.05, 0) is 37.7 Å². The standard InChI is InChI=1S/C17H22ClN3O/c1-20-9-11-21(12-10-20)8-3-13-22-16-6-5-15(18)14-4-2-7-19-17(14)16/h2,4-7H,3,8-13H2,1H3. The number of fused-ring (bicyclic) bond motifs is 1. The fourth-order valence-corrected chi connectivity index (χ4v) is 2.99. The summed E-state index contributed by atoms with van der Waals surface area (Å²) in [5.41, 5.74) is 0.842. The maximum absolute atomic E-state index is 6.20. The number of halogens is 1. The highest BCUT2D eigenvalue weighted by Gasteiger charge is 2.13. The van der Waals surface area contributed by atoms with Crippen LogP contribution in [0.15, 0.2) is 30.5 Å². The third-order valence-corrected chi connectivity index (χ3v) is 4.48. The monoisotopic (exact) mass is 319 g/mol. The summed E-state index contributed by atoms with van der Waals surface area (Å²) in [6.07, 6.45) is 2.80. The molecule has 1 saturated heterocycles. The van der Waals surface area contributed by atoms with Crippen molar-refractivity contribution in [2.24, 2.45) is 0 Å². The Morgan fingerprint density at radius 3 is 2.82 bits per heavy atom. The third-order valence-electron chi connectivity index (χ3n) is 4.15.